The fraction of sp³-hybridized carbons (Fsp3) is 0.632. The fourth-order valence-corrected chi connectivity index (χ4v) is 3.18. The second-order valence-electron chi connectivity index (χ2n) is 7.23. The molecule has 1 aliphatic rings. The normalized spacial score (nSPS) is 17.5. The Morgan fingerprint density at radius 1 is 1.34 bits per heavy atom. The van der Waals surface area contributed by atoms with E-state index >= 15 is 0 Å². The maximum Gasteiger partial charge on any atom is 0.292 e. The van der Waals surface area contributed by atoms with Crippen molar-refractivity contribution in [2.75, 3.05) is 58.2 Å². The van der Waals surface area contributed by atoms with E-state index in [0.717, 1.165) is 26.2 Å². The number of nitrogens with one attached hydrogen (secondary N) is 3. The first kappa shape index (κ1) is 25.4. The quantitative estimate of drug-likeness (QED) is 0.115. The molecule has 0 radical (unpaired) electrons. The predicted molar refractivity (Wildman–Crippen MR) is 127 cm³/mol. The van der Waals surface area contributed by atoms with Gasteiger partial charge in [0.1, 0.15) is 5.69 Å². The van der Waals surface area contributed by atoms with E-state index in [9.17, 15) is 10.1 Å². The Hall–Kier alpha value is -1.66. The largest absolute Gasteiger partial charge is 0.378 e. The Bertz CT molecular complexity index is 659. The number of guanidine groups is 1. The van der Waals surface area contributed by atoms with E-state index in [2.05, 4.69) is 39.7 Å². The average Bonchev–Trinajstić information content (AvgIpc) is 2.67. The minimum Gasteiger partial charge on any atom is -0.378 e. The van der Waals surface area contributed by atoms with Gasteiger partial charge >= 0.3 is 0 Å². The molecule has 0 saturated carbocycles. The molecular weight excluding hydrogens is 487 g/mol. The highest BCUT2D eigenvalue weighted by Gasteiger charge is 2.21. The van der Waals surface area contributed by atoms with E-state index < -0.39 is 0 Å². The number of halogens is 1. The van der Waals surface area contributed by atoms with E-state index in [1.54, 1.807) is 25.2 Å². The zero-order valence-corrected chi connectivity index (χ0v) is 19.7. The molecule has 1 aromatic rings. The standard InChI is InChI=1S/C19H32N6O3.HI/c1-15(2)13-24-10-11-28-16(14-24)12-23-19(20-3)22-9-8-21-17-6-4-5-7-18(17)25(26)27;/h4-7,15-16,21H,8-14H2,1-3H3,(H2,20,22,23);1H. The fourth-order valence-electron chi connectivity index (χ4n) is 3.18. The molecule has 10 heteroatoms. The van der Waals surface area contributed by atoms with Gasteiger partial charge in [-0.25, -0.2) is 0 Å². The number of nitro benzene ring substituents is 1. The van der Waals surface area contributed by atoms with Crippen LogP contribution in [0.25, 0.3) is 0 Å². The van der Waals surface area contributed by atoms with Gasteiger partial charge in [-0.2, -0.15) is 0 Å². The number of morpholine rings is 1. The molecule has 1 saturated heterocycles. The zero-order chi connectivity index (χ0) is 20.4. The van der Waals surface area contributed by atoms with Crippen LogP contribution in [0.2, 0.25) is 0 Å². The van der Waals surface area contributed by atoms with Crippen LogP contribution in [0.4, 0.5) is 11.4 Å². The first-order valence-corrected chi connectivity index (χ1v) is 9.75. The molecule has 0 aliphatic carbocycles. The summed E-state index contributed by atoms with van der Waals surface area (Å²) in [4.78, 5) is 17.3. The van der Waals surface area contributed by atoms with Crippen LogP contribution in [0.3, 0.4) is 0 Å². The van der Waals surface area contributed by atoms with E-state index in [1.807, 2.05) is 0 Å². The van der Waals surface area contributed by atoms with Crippen molar-refractivity contribution in [1.29, 1.82) is 0 Å². The third-order valence-electron chi connectivity index (χ3n) is 4.40. The molecule has 3 N–H and O–H groups in total. The van der Waals surface area contributed by atoms with Crippen LogP contribution in [0.15, 0.2) is 29.3 Å². The molecule has 0 spiro atoms. The summed E-state index contributed by atoms with van der Waals surface area (Å²) in [5.41, 5.74) is 0.587. The summed E-state index contributed by atoms with van der Waals surface area (Å²) in [5.74, 6) is 1.34. The van der Waals surface area contributed by atoms with Crippen LogP contribution < -0.4 is 16.0 Å². The molecular formula is C19H33IN6O3. The number of hydrogen-bond donors (Lipinski definition) is 3. The van der Waals surface area contributed by atoms with Crippen molar-refractivity contribution < 1.29 is 9.66 Å². The van der Waals surface area contributed by atoms with Crippen molar-refractivity contribution in [3.63, 3.8) is 0 Å². The van der Waals surface area contributed by atoms with E-state index in [0.29, 0.717) is 37.2 Å². The number of para-hydroxylation sites is 2. The highest BCUT2D eigenvalue weighted by molar-refractivity contribution is 14.0. The molecule has 1 aliphatic heterocycles. The Morgan fingerprint density at radius 3 is 2.79 bits per heavy atom. The molecule has 9 nitrogen and oxygen atoms in total. The van der Waals surface area contributed by atoms with Crippen LogP contribution in [0.5, 0.6) is 0 Å². The Kier molecular flexibility index (Phi) is 11.9. The number of aliphatic imine (C=N–C) groups is 1. The maximum atomic E-state index is 11.0. The lowest BCUT2D eigenvalue weighted by molar-refractivity contribution is -0.384. The summed E-state index contributed by atoms with van der Waals surface area (Å²) in [6.07, 6.45) is 0.135. The average molecular weight is 520 g/mol. The summed E-state index contributed by atoms with van der Waals surface area (Å²) in [7, 11) is 1.72. The summed E-state index contributed by atoms with van der Waals surface area (Å²) < 4.78 is 5.84. The molecule has 2 rings (SSSR count). The second kappa shape index (κ2) is 13.5. The number of nitrogens with zero attached hydrogens (tertiary/aromatic N) is 3. The number of ether oxygens (including phenoxy) is 1. The highest BCUT2D eigenvalue weighted by atomic mass is 127. The lowest BCUT2D eigenvalue weighted by atomic mass is 10.2. The summed E-state index contributed by atoms with van der Waals surface area (Å²) >= 11 is 0. The maximum absolute atomic E-state index is 11.0. The zero-order valence-electron chi connectivity index (χ0n) is 17.4. The van der Waals surface area contributed by atoms with Gasteiger partial charge in [0.05, 0.1) is 17.6 Å². The SMILES string of the molecule is CN=C(NCCNc1ccccc1[N+](=O)[O-])NCC1CN(CC(C)C)CCO1.I. The Balaban J connectivity index is 0.00000420. The van der Waals surface area contributed by atoms with E-state index in [4.69, 9.17) is 4.74 Å². The van der Waals surface area contributed by atoms with E-state index in [1.165, 1.54) is 6.07 Å². The molecule has 29 heavy (non-hydrogen) atoms. The van der Waals surface area contributed by atoms with Crippen LogP contribution in [0.1, 0.15) is 13.8 Å². The van der Waals surface area contributed by atoms with Gasteiger partial charge in [-0.15, -0.1) is 24.0 Å². The monoisotopic (exact) mass is 520 g/mol. The van der Waals surface area contributed by atoms with Gasteiger partial charge in [0.25, 0.3) is 5.69 Å². The van der Waals surface area contributed by atoms with Crippen LogP contribution >= 0.6 is 24.0 Å². The molecule has 0 bridgehead atoms. The van der Waals surface area contributed by atoms with Gasteiger partial charge in [-0.3, -0.25) is 20.0 Å². The molecule has 1 heterocycles. The molecule has 1 unspecified atom stereocenters. The van der Waals surface area contributed by atoms with Gasteiger partial charge in [0.15, 0.2) is 5.96 Å². The van der Waals surface area contributed by atoms with Crippen molar-refractivity contribution >= 4 is 41.3 Å². The third-order valence-corrected chi connectivity index (χ3v) is 4.40. The Labute approximate surface area is 189 Å². The molecule has 0 aromatic heterocycles. The highest BCUT2D eigenvalue weighted by Crippen LogP contribution is 2.22. The van der Waals surface area contributed by atoms with Gasteiger partial charge < -0.3 is 20.7 Å². The smallest absolute Gasteiger partial charge is 0.292 e. The number of rotatable bonds is 9. The van der Waals surface area contributed by atoms with Crippen molar-refractivity contribution in [2.45, 2.75) is 20.0 Å². The number of hydrogen-bond acceptors (Lipinski definition) is 6. The molecule has 164 valence electrons. The van der Waals surface area contributed by atoms with Crippen molar-refractivity contribution in [2.24, 2.45) is 10.9 Å². The molecule has 1 atom stereocenters. The van der Waals surface area contributed by atoms with Crippen LogP contribution in [-0.2, 0) is 4.74 Å². The molecule has 1 aromatic carbocycles. The van der Waals surface area contributed by atoms with Crippen molar-refractivity contribution in [3.8, 4) is 0 Å². The topological polar surface area (TPSA) is 104 Å². The van der Waals surface area contributed by atoms with Crippen LogP contribution in [0, 0.1) is 16.0 Å². The minimum atomic E-state index is -0.386. The molecule has 0 amide bonds. The number of anilines is 1. The van der Waals surface area contributed by atoms with Crippen molar-refractivity contribution in [1.82, 2.24) is 15.5 Å². The second-order valence-corrected chi connectivity index (χ2v) is 7.23. The summed E-state index contributed by atoms with van der Waals surface area (Å²) in [5, 5.41) is 20.6. The number of nitro groups is 1. The predicted octanol–water partition coefficient (Wildman–Crippen LogP) is 2.15. The Morgan fingerprint density at radius 2 is 2.10 bits per heavy atom. The third kappa shape index (κ3) is 9.13. The molecule has 1 fully saturated rings. The van der Waals surface area contributed by atoms with Gasteiger partial charge in [0, 0.05) is 52.4 Å². The number of benzene rings is 1. The first-order chi connectivity index (χ1) is 13.5. The first-order valence-electron chi connectivity index (χ1n) is 9.75. The van der Waals surface area contributed by atoms with Crippen LogP contribution in [-0.4, -0.2) is 74.8 Å². The van der Waals surface area contributed by atoms with Gasteiger partial charge in [0.2, 0.25) is 0 Å². The summed E-state index contributed by atoms with van der Waals surface area (Å²) in [6, 6.07) is 6.62. The van der Waals surface area contributed by atoms with E-state index in [-0.39, 0.29) is 40.7 Å². The van der Waals surface area contributed by atoms with Crippen molar-refractivity contribution in [3.05, 3.63) is 34.4 Å². The van der Waals surface area contributed by atoms with Gasteiger partial charge in [-0.1, -0.05) is 26.0 Å². The lowest BCUT2D eigenvalue weighted by Crippen LogP contribution is -2.50. The summed E-state index contributed by atoms with van der Waals surface area (Å²) in [6.45, 7) is 10.0. The van der Waals surface area contributed by atoms with Gasteiger partial charge in [-0.05, 0) is 12.0 Å². The lowest BCUT2D eigenvalue weighted by Gasteiger charge is -2.34. The minimum absolute atomic E-state index is 0.